The number of carbonyl (C=O) groups excluding carboxylic acids is 2. The molecule has 6 nitrogen and oxygen atoms in total. The average molecular weight is 401 g/mol. The second-order valence-electron chi connectivity index (χ2n) is 7.25. The van der Waals surface area contributed by atoms with Crippen LogP contribution in [0.4, 0.5) is 0 Å². The molecule has 0 unspecified atom stereocenters. The molecule has 1 aliphatic rings. The van der Waals surface area contributed by atoms with E-state index >= 15 is 0 Å². The van der Waals surface area contributed by atoms with Crippen molar-refractivity contribution in [3.8, 4) is 5.69 Å². The summed E-state index contributed by atoms with van der Waals surface area (Å²) in [6, 6.07) is 21.0. The summed E-state index contributed by atoms with van der Waals surface area (Å²) in [4.78, 5) is 24.7. The second kappa shape index (κ2) is 8.37. The van der Waals surface area contributed by atoms with Crippen LogP contribution in [-0.2, 0) is 9.53 Å². The van der Waals surface area contributed by atoms with Crippen LogP contribution in [0.1, 0.15) is 33.7 Å². The Bertz CT molecular complexity index is 1080. The van der Waals surface area contributed by atoms with Crippen molar-refractivity contribution >= 4 is 17.6 Å². The van der Waals surface area contributed by atoms with Crippen LogP contribution in [0.25, 0.3) is 5.69 Å². The molecule has 0 saturated heterocycles. The third-order valence-electron chi connectivity index (χ3n) is 5.16. The molecule has 0 fully saturated rings. The van der Waals surface area contributed by atoms with E-state index in [2.05, 4.69) is 9.67 Å². The first-order valence-electron chi connectivity index (χ1n) is 9.89. The number of nitrogens with zero attached hydrogens (tertiary/aromatic N) is 3. The molecular formula is C24H23N3O3. The maximum Gasteiger partial charge on any atom is 0.338 e. The summed E-state index contributed by atoms with van der Waals surface area (Å²) < 4.78 is 7.32. The van der Waals surface area contributed by atoms with Crippen LogP contribution in [-0.4, -0.2) is 40.3 Å². The normalized spacial score (nSPS) is 13.3. The first kappa shape index (κ1) is 19.6. The fourth-order valence-electron chi connectivity index (χ4n) is 3.58. The van der Waals surface area contributed by atoms with Crippen LogP contribution in [0.3, 0.4) is 0 Å². The summed E-state index contributed by atoms with van der Waals surface area (Å²) in [5.41, 5.74) is 5.48. The summed E-state index contributed by atoms with van der Waals surface area (Å²) in [5, 5.41) is 5.74. The van der Waals surface area contributed by atoms with E-state index in [0.717, 1.165) is 28.4 Å². The molecule has 30 heavy (non-hydrogen) atoms. The average Bonchev–Trinajstić information content (AvgIpc) is 3.39. The number of hydrogen-bond donors (Lipinski definition) is 0. The van der Waals surface area contributed by atoms with Gasteiger partial charge in [0.2, 0.25) is 0 Å². The number of amides is 1. The highest BCUT2D eigenvalue weighted by molar-refractivity contribution is 6.02. The summed E-state index contributed by atoms with van der Waals surface area (Å²) in [5.74, 6) is -0.855. The number of aromatic nitrogens is 1. The molecule has 0 atom stereocenters. The lowest BCUT2D eigenvalue weighted by atomic mass is 10.1. The fraction of sp³-hybridized carbons (Fsp3) is 0.208. The van der Waals surface area contributed by atoms with Gasteiger partial charge in [-0.1, -0.05) is 30.3 Å². The van der Waals surface area contributed by atoms with Gasteiger partial charge in [-0.05, 0) is 55.8 Å². The highest BCUT2D eigenvalue weighted by Crippen LogP contribution is 2.18. The van der Waals surface area contributed by atoms with Crippen LogP contribution in [0.2, 0.25) is 0 Å². The van der Waals surface area contributed by atoms with E-state index in [-0.39, 0.29) is 12.5 Å². The molecular weight excluding hydrogens is 378 g/mol. The van der Waals surface area contributed by atoms with Crippen LogP contribution < -0.4 is 0 Å². The predicted octanol–water partition coefficient (Wildman–Crippen LogP) is 3.89. The van der Waals surface area contributed by atoms with Gasteiger partial charge < -0.3 is 9.30 Å². The highest BCUT2D eigenvalue weighted by Gasteiger charge is 2.22. The van der Waals surface area contributed by atoms with E-state index in [9.17, 15) is 9.59 Å². The minimum absolute atomic E-state index is 0.329. The first-order chi connectivity index (χ1) is 14.5. The van der Waals surface area contributed by atoms with Crippen molar-refractivity contribution in [3.05, 3.63) is 89.2 Å². The molecule has 1 aliphatic heterocycles. The van der Waals surface area contributed by atoms with Crippen LogP contribution in [0.5, 0.6) is 0 Å². The Hall–Kier alpha value is -3.67. The largest absolute Gasteiger partial charge is 0.452 e. The van der Waals surface area contributed by atoms with Gasteiger partial charge in [-0.3, -0.25) is 4.79 Å². The van der Waals surface area contributed by atoms with E-state index < -0.39 is 5.97 Å². The first-order valence-corrected chi connectivity index (χ1v) is 9.89. The summed E-state index contributed by atoms with van der Waals surface area (Å²) in [6.07, 6.45) is 0.684. The van der Waals surface area contributed by atoms with Gasteiger partial charge in [-0.15, -0.1) is 0 Å². The number of ether oxygens (including phenoxy) is 1. The molecule has 0 radical (unpaired) electrons. The molecule has 0 N–H and O–H groups in total. The molecule has 152 valence electrons. The molecule has 2 heterocycles. The Kier molecular flexibility index (Phi) is 5.48. The molecule has 0 spiro atoms. The standard InChI is InChI=1S/C24H23N3O3/c1-17-8-9-18(2)27(17)21-12-10-20(11-13-21)24(29)30-16-23(28)26-15-14-22(25-26)19-6-4-3-5-7-19/h3-13H,14-16H2,1-2H3. The molecule has 4 rings (SSSR count). The number of hydrazone groups is 1. The Labute approximate surface area is 175 Å². The maximum absolute atomic E-state index is 12.4. The molecule has 0 aliphatic carbocycles. The van der Waals surface area contributed by atoms with Crippen molar-refractivity contribution in [2.45, 2.75) is 20.3 Å². The van der Waals surface area contributed by atoms with E-state index in [1.54, 1.807) is 12.1 Å². The molecule has 2 aromatic carbocycles. The fourth-order valence-corrected chi connectivity index (χ4v) is 3.58. The zero-order valence-corrected chi connectivity index (χ0v) is 17.0. The van der Waals surface area contributed by atoms with E-state index in [0.29, 0.717) is 18.5 Å². The van der Waals surface area contributed by atoms with Gasteiger partial charge in [0.15, 0.2) is 6.61 Å². The topological polar surface area (TPSA) is 63.9 Å². The van der Waals surface area contributed by atoms with Crippen molar-refractivity contribution in [1.82, 2.24) is 9.58 Å². The number of carbonyl (C=O) groups is 2. The lowest BCUT2D eigenvalue weighted by molar-refractivity contribution is -0.134. The number of hydrogen-bond acceptors (Lipinski definition) is 4. The van der Waals surface area contributed by atoms with Crippen molar-refractivity contribution in [2.75, 3.05) is 13.2 Å². The van der Waals surface area contributed by atoms with Gasteiger partial charge in [0.25, 0.3) is 5.91 Å². The quantitative estimate of drug-likeness (QED) is 0.610. The molecule has 3 aromatic rings. The van der Waals surface area contributed by atoms with E-state index in [4.69, 9.17) is 4.74 Å². The lowest BCUT2D eigenvalue weighted by Crippen LogP contribution is -2.28. The molecule has 1 aromatic heterocycles. The van der Waals surface area contributed by atoms with Gasteiger partial charge in [-0.2, -0.15) is 5.10 Å². The van der Waals surface area contributed by atoms with Gasteiger partial charge >= 0.3 is 5.97 Å². The minimum Gasteiger partial charge on any atom is -0.452 e. The summed E-state index contributed by atoms with van der Waals surface area (Å²) in [7, 11) is 0. The molecule has 1 amide bonds. The zero-order chi connectivity index (χ0) is 21.1. The monoisotopic (exact) mass is 401 g/mol. The van der Waals surface area contributed by atoms with Gasteiger partial charge in [0, 0.05) is 23.5 Å². The number of esters is 1. The van der Waals surface area contributed by atoms with E-state index in [1.807, 2.05) is 68.4 Å². The third kappa shape index (κ3) is 4.03. The predicted molar refractivity (Wildman–Crippen MR) is 115 cm³/mol. The number of benzene rings is 2. The lowest BCUT2D eigenvalue weighted by Gasteiger charge is -2.12. The van der Waals surface area contributed by atoms with Gasteiger partial charge in [-0.25, -0.2) is 9.80 Å². The van der Waals surface area contributed by atoms with Crippen molar-refractivity contribution < 1.29 is 14.3 Å². The van der Waals surface area contributed by atoms with Gasteiger partial charge in [0.05, 0.1) is 17.8 Å². The van der Waals surface area contributed by atoms with Crippen molar-refractivity contribution in [2.24, 2.45) is 5.10 Å². The number of rotatable bonds is 5. The maximum atomic E-state index is 12.4. The highest BCUT2D eigenvalue weighted by atomic mass is 16.5. The Morgan fingerprint density at radius 2 is 1.60 bits per heavy atom. The molecule has 6 heteroatoms. The SMILES string of the molecule is Cc1ccc(C)n1-c1ccc(C(=O)OCC(=O)N2CCC(c3ccccc3)=N2)cc1. The van der Waals surface area contributed by atoms with Crippen molar-refractivity contribution in [1.29, 1.82) is 0 Å². The molecule has 0 saturated carbocycles. The Morgan fingerprint density at radius 1 is 0.933 bits per heavy atom. The van der Waals surface area contributed by atoms with Crippen molar-refractivity contribution in [3.63, 3.8) is 0 Å². The Morgan fingerprint density at radius 3 is 2.27 bits per heavy atom. The summed E-state index contributed by atoms with van der Waals surface area (Å²) in [6.45, 7) is 4.22. The van der Waals surface area contributed by atoms with Crippen LogP contribution in [0, 0.1) is 13.8 Å². The summed E-state index contributed by atoms with van der Waals surface area (Å²) >= 11 is 0. The van der Waals surface area contributed by atoms with E-state index in [1.165, 1.54) is 5.01 Å². The van der Waals surface area contributed by atoms with Crippen LogP contribution in [0.15, 0.2) is 71.8 Å². The second-order valence-corrected chi connectivity index (χ2v) is 7.25. The smallest absolute Gasteiger partial charge is 0.338 e. The van der Waals surface area contributed by atoms with Gasteiger partial charge in [0.1, 0.15) is 0 Å². The zero-order valence-electron chi connectivity index (χ0n) is 17.0. The third-order valence-corrected chi connectivity index (χ3v) is 5.16. The molecule has 0 bridgehead atoms. The van der Waals surface area contributed by atoms with Crippen LogP contribution >= 0.6 is 0 Å². The Balaban J connectivity index is 1.36. The number of aryl methyl sites for hydroxylation is 2. The minimum atomic E-state index is -0.526.